The number of ether oxygens (including phenoxy) is 1. The number of hydrogen-bond donors (Lipinski definition) is 0. The van der Waals surface area contributed by atoms with E-state index in [0.717, 1.165) is 12.1 Å². The summed E-state index contributed by atoms with van der Waals surface area (Å²) in [5.41, 5.74) is 0. The van der Waals surface area contributed by atoms with Crippen LogP contribution in [-0.2, 0) is 14.8 Å². The van der Waals surface area contributed by atoms with Crippen LogP contribution in [0.5, 0.6) is 0 Å². The smallest absolute Gasteiger partial charge is 0.243 e. The molecule has 0 aromatic heterocycles. The van der Waals surface area contributed by atoms with Crippen molar-refractivity contribution >= 4 is 26.0 Å². The second kappa shape index (κ2) is 5.82. The lowest BCUT2D eigenvalue weighted by molar-refractivity contribution is 0.0136. The minimum atomic E-state index is -3.82. The van der Waals surface area contributed by atoms with Crippen molar-refractivity contribution in [3.8, 4) is 0 Å². The van der Waals surface area contributed by atoms with E-state index in [-0.39, 0.29) is 30.7 Å². The van der Waals surface area contributed by atoms with Gasteiger partial charge in [0.15, 0.2) is 11.6 Å². The molecule has 1 aromatic carbocycles. The van der Waals surface area contributed by atoms with Crippen LogP contribution in [0.25, 0.3) is 0 Å². The van der Waals surface area contributed by atoms with Crippen LogP contribution in [0.15, 0.2) is 23.1 Å². The Morgan fingerprint density at radius 1 is 1.37 bits per heavy atom. The fraction of sp³-hybridized carbons (Fsp3) is 0.455. The first kappa shape index (κ1) is 14.8. The number of alkyl halides is 1. The highest BCUT2D eigenvalue weighted by Crippen LogP contribution is 2.21. The molecule has 1 saturated heterocycles. The molecular formula is C11H12BrF2NO3S. The van der Waals surface area contributed by atoms with Gasteiger partial charge in [-0.1, -0.05) is 15.9 Å². The number of morpholine rings is 1. The fourth-order valence-electron chi connectivity index (χ4n) is 1.79. The number of hydrogen-bond acceptors (Lipinski definition) is 3. The fourth-order valence-corrected chi connectivity index (χ4v) is 3.65. The first-order valence-electron chi connectivity index (χ1n) is 5.58. The Morgan fingerprint density at radius 3 is 2.74 bits per heavy atom. The van der Waals surface area contributed by atoms with Crippen LogP contribution in [-0.4, -0.2) is 43.9 Å². The zero-order valence-electron chi connectivity index (χ0n) is 9.85. The molecule has 1 atom stereocenters. The molecule has 1 unspecified atom stereocenters. The number of halogens is 3. The molecule has 8 heteroatoms. The second-order valence-corrected chi connectivity index (χ2v) is 6.67. The Labute approximate surface area is 118 Å². The number of benzene rings is 1. The first-order chi connectivity index (χ1) is 8.95. The Kier molecular flexibility index (Phi) is 4.54. The summed E-state index contributed by atoms with van der Waals surface area (Å²) in [7, 11) is -3.82. The standard InChI is InChI=1S/C11H12BrF2NO3S/c12-6-8-7-15(3-4-18-8)19(16,17)9-1-2-10(13)11(14)5-9/h1-2,5,8H,3-4,6-7H2. The molecule has 0 aliphatic carbocycles. The molecule has 2 rings (SSSR count). The lowest BCUT2D eigenvalue weighted by Gasteiger charge is -2.31. The summed E-state index contributed by atoms with van der Waals surface area (Å²) >= 11 is 3.23. The summed E-state index contributed by atoms with van der Waals surface area (Å²) in [6.07, 6.45) is -0.242. The highest BCUT2D eigenvalue weighted by Gasteiger charge is 2.30. The summed E-state index contributed by atoms with van der Waals surface area (Å²) in [5, 5.41) is 0.511. The van der Waals surface area contributed by atoms with Gasteiger partial charge in [0.25, 0.3) is 0 Å². The van der Waals surface area contributed by atoms with Gasteiger partial charge >= 0.3 is 0 Å². The zero-order chi connectivity index (χ0) is 14.0. The predicted octanol–water partition coefficient (Wildman–Crippen LogP) is 1.75. The summed E-state index contributed by atoms with van der Waals surface area (Å²) in [6.45, 7) is 0.663. The molecule has 1 aliphatic rings. The molecule has 0 N–H and O–H groups in total. The Bertz CT molecular complexity index is 567. The third-order valence-electron chi connectivity index (χ3n) is 2.80. The van der Waals surface area contributed by atoms with Gasteiger partial charge in [0, 0.05) is 18.4 Å². The maximum Gasteiger partial charge on any atom is 0.243 e. The average Bonchev–Trinajstić information content (AvgIpc) is 2.41. The highest BCUT2D eigenvalue weighted by molar-refractivity contribution is 9.09. The van der Waals surface area contributed by atoms with Crippen molar-refractivity contribution in [1.29, 1.82) is 0 Å². The van der Waals surface area contributed by atoms with E-state index < -0.39 is 21.7 Å². The van der Waals surface area contributed by atoms with Crippen molar-refractivity contribution in [2.24, 2.45) is 0 Å². The predicted molar refractivity (Wildman–Crippen MR) is 68.7 cm³/mol. The third kappa shape index (κ3) is 3.13. The lowest BCUT2D eigenvalue weighted by Crippen LogP contribution is -2.46. The minimum Gasteiger partial charge on any atom is -0.375 e. The van der Waals surface area contributed by atoms with Crippen LogP contribution in [0.1, 0.15) is 0 Å². The zero-order valence-corrected chi connectivity index (χ0v) is 12.3. The molecule has 1 fully saturated rings. The van der Waals surface area contributed by atoms with E-state index in [1.165, 1.54) is 4.31 Å². The number of sulfonamides is 1. The summed E-state index contributed by atoms with van der Waals surface area (Å²) < 4.78 is 57.1. The maximum atomic E-state index is 13.1. The van der Waals surface area contributed by atoms with E-state index >= 15 is 0 Å². The third-order valence-corrected chi connectivity index (χ3v) is 5.39. The van der Waals surface area contributed by atoms with Crippen molar-refractivity contribution in [1.82, 2.24) is 4.31 Å². The number of nitrogens with zero attached hydrogens (tertiary/aromatic N) is 1. The largest absolute Gasteiger partial charge is 0.375 e. The molecule has 0 radical (unpaired) electrons. The van der Waals surface area contributed by atoms with Crippen molar-refractivity contribution < 1.29 is 21.9 Å². The van der Waals surface area contributed by atoms with Crippen molar-refractivity contribution in [3.63, 3.8) is 0 Å². The van der Waals surface area contributed by atoms with Crippen LogP contribution < -0.4 is 0 Å². The highest BCUT2D eigenvalue weighted by atomic mass is 79.9. The monoisotopic (exact) mass is 355 g/mol. The van der Waals surface area contributed by atoms with E-state index in [4.69, 9.17) is 4.74 Å². The molecular weight excluding hydrogens is 344 g/mol. The van der Waals surface area contributed by atoms with Gasteiger partial charge in [-0.25, -0.2) is 17.2 Å². The van der Waals surface area contributed by atoms with Crippen LogP contribution in [0.4, 0.5) is 8.78 Å². The van der Waals surface area contributed by atoms with Crippen molar-refractivity contribution in [3.05, 3.63) is 29.8 Å². The normalized spacial score (nSPS) is 21.5. The van der Waals surface area contributed by atoms with E-state index in [2.05, 4.69) is 15.9 Å². The van der Waals surface area contributed by atoms with Gasteiger partial charge in [-0.15, -0.1) is 0 Å². The average molecular weight is 356 g/mol. The van der Waals surface area contributed by atoms with Crippen molar-refractivity contribution in [2.75, 3.05) is 25.0 Å². The molecule has 106 valence electrons. The van der Waals surface area contributed by atoms with Gasteiger partial charge in [-0.05, 0) is 18.2 Å². The minimum absolute atomic E-state index is 0.187. The summed E-state index contributed by atoms with van der Waals surface area (Å²) in [5.74, 6) is -2.24. The van der Waals surface area contributed by atoms with E-state index in [9.17, 15) is 17.2 Å². The molecule has 0 amide bonds. The van der Waals surface area contributed by atoms with E-state index in [1.807, 2.05) is 0 Å². The van der Waals surface area contributed by atoms with Crippen LogP contribution >= 0.6 is 15.9 Å². The Morgan fingerprint density at radius 2 is 2.11 bits per heavy atom. The lowest BCUT2D eigenvalue weighted by atomic mass is 10.3. The van der Waals surface area contributed by atoms with Crippen LogP contribution in [0.2, 0.25) is 0 Å². The van der Waals surface area contributed by atoms with E-state index in [1.54, 1.807) is 0 Å². The van der Waals surface area contributed by atoms with Gasteiger partial charge < -0.3 is 4.74 Å². The van der Waals surface area contributed by atoms with Crippen molar-refractivity contribution in [2.45, 2.75) is 11.0 Å². The molecule has 4 nitrogen and oxygen atoms in total. The molecule has 0 bridgehead atoms. The molecule has 1 aliphatic heterocycles. The van der Waals surface area contributed by atoms with Gasteiger partial charge in [-0.2, -0.15) is 4.31 Å². The van der Waals surface area contributed by atoms with Gasteiger partial charge in [0.05, 0.1) is 17.6 Å². The topological polar surface area (TPSA) is 46.6 Å². The molecule has 0 saturated carbocycles. The Balaban J connectivity index is 2.28. The molecule has 1 aromatic rings. The SMILES string of the molecule is O=S(=O)(c1ccc(F)c(F)c1)N1CCOC(CBr)C1. The van der Waals surface area contributed by atoms with Gasteiger partial charge in [0.2, 0.25) is 10.0 Å². The van der Waals surface area contributed by atoms with Crippen LogP contribution in [0, 0.1) is 11.6 Å². The second-order valence-electron chi connectivity index (χ2n) is 4.09. The molecule has 0 spiro atoms. The summed E-state index contributed by atoms with van der Waals surface area (Å²) in [4.78, 5) is -0.248. The molecule has 19 heavy (non-hydrogen) atoms. The molecule has 1 heterocycles. The van der Waals surface area contributed by atoms with Gasteiger partial charge in [0.1, 0.15) is 0 Å². The van der Waals surface area contributed by atoms with Gasteiger partial charge in [-0.3, -0.25) is 0 Å². The van der Waals surface area contributed by atoms with E-state index in [0.29, 0.717) is 11.4 Å². The first-order valence-corrected chi connectivity index (χ1v) is 8.14. The summed E-state index contributed by atoms with van der Waals surface area (Å²) in [6, 6.07) is 2.57. The maximum absolute atomic E-state index is 13.1. The number of rotatable bonds is 3. The quantitative estimate of drug-likeness (QED) is 0.776. The Hall–Kier alpha value is -0.570. The van der Waals surface area contributed by atoms with Crippen LogP contribution in [0.3, 0.4) is 0 Å².